The van der Waals surface area contributed by atoms with Crippen LogP contribution in [0.25, 0.3) is 0 Å². The summed E-state index contributed by atoms with van der Waals surface area (Å²) < 4.78 is 0. The van der Waals surface area contributed by atoms with Crippen LogP contribution < -0.4 is 5.32 Å². The number of nitrogens with zero attached hydrogens (tertiary/aromatic N) is 1. The van der Waals surface area contributed by atoms with E-state index in [1.54, 1.807) is 0 Å². The quantitative estimate of drug-likeness (QED) is 0.704. The third-order valence-electron chi connectivity index (χ3n) is 3.39. The molecule has 0 aromatic rings. The van der Waals surface area contributed by atoms with Crippen molar-refractivity contribution in [1.29, 1.82) is 0 Å². The Morgan fingerprint density at radius 3 is 2.20 bits per heavy atom. The van der Waals surface area contributed by atoms with Gasteiger partial charge in [0.25, 0.3) is 0 Å². The molecule has 0 unspecified atom stereocenters. The largest absolute Gasteiger partial charge is 0.314 e. The minimum Gasteiger partial charge on any atom is -0.314 e. The van der Waals surface area contributed by atoms with E-state index < -0.39 is 0 Å². The summed E-state index contributed by atoms with van der Waals surface area (Å²) in [4.78, 5) is 2.26. The van der Waals surface area contributed by atoms with E-state index in [1.807, 2.05) is 0 Å². The Balaban J connectivity index is 2.10. The molecule has 0 bridgehead atoms. The highest BCUT2D eigenvalue weighted by atomic mass is 15.1. The molecule has 0 aromatic heterocycles. The fourth-order valence-corrected chi connectivity index (χ4v) is 2.82. The average molecular weight is 212 g/mol. The molecule has 1 aliphatic carbocycles. The van der Waals surface area contributed by atoms with Gasteiger partial charge in [-0.2, -0.15) is 0 Å². The van der Waals surface area contributed by atoms with E-state index in [-0.39, 0.29) is 0 Å². The first-order valence-corrected chi connectivity index (χ1v) is 6.46. The standard InChI is InChI=1S/C13H28N2/c1-11-8-12(2)10-13(9-11)14-6-5-7-15(3)4/h11-14H,5-10H2,1-4H3/t11-,12-/m1/s1. The summed E-state index contributed by atoms with van der Waals surface area (Å²) in [5, 5.41) is 3.71. The van der Waals surface area contributed by atoms with E-state index in [0.29, 0.717) is 0 Å². The monoisotopic (exact) mass is 212 g/mol. The van der Waals surface area contributed by atoms with E-state index in [2.05, 4.69) is 38.2 Å². The molecule has 2 nitrogen and oxygen atoms in total. The van der Waals surface area contributed by atoms with Crippen molar-refractivity contribution >= 4 is 0 Å². The lowest BCUT2D eigenvalue weighted by molar-refractivity contribution is 0.237. The number of rotatable bonds is 5. The van der Waals surface area contributed by atoms with Crippen LogP contribution in [0.3, 0.4) is 0 Å². The molecule has 1 saturated carbocycles. The van der Waals surface area contributed by atoms with Gasteiger partial charge in [0.15, 0.2) is 0 Å². The van der Waals surface area contributed by atoms with Gasteiger partial charge in [-0.05, 0) is 64.7 Å². The van der Waals surface area contributed by atoms with E-state index in [1.165, 1.54) is 38.8 Å². The second-order valence-corrected chi connectivity index (χ2v) is 5.73. The van der Waals surface area contributed by atoms with Gasteiger partial charge < -0.3 is 10.2 Å². The second-order valence-electron chi connectivity index (χ2n) is 5.73. The average Bonchev–Trinajstić information content (AvgIpc) is 2.10. The van der Waals surface area contributed by atoms with Crippen molar-refractivity contribution in [2.75, 3.05) is 27.2 Å². The van der Waals surface area contributed by atoms with Gasteiger partial charge in [0.2, 0.25) is 0 Å². The minimum atomic E-state index is 0.783. The summed E-state index contributed by atoms with van der Waals surface area (Å²) in [5.74, 6) is 1.83. The third-order valence-corrected chi connectivity index (χ3v) is 3.39. The lowest BCUT2D eigenvalue weighted by Crippen LogP contribution is -2.37. The smallest absolute Gasteiger partial charge is 0.00721 e. The first-order chi connectivity index (χ1) is 7.08. The maximum absolute atomic E-state index is 3.71. The van der Waals surface area contributed by atoms with Crippen molar-refractivity contribution in [2.45, 2.75) is 45.6 Å². The maximum atomic E-state index is 3.71. The van der Waals surface area contributed by atoms with Gasteiger partial charge in [-0.1, -0.05) is 13.8 Å². The molecule has 1 rings (SSSR count). The summed E-state index contributed by atoms with van der Waals surface area (Å²) in [7, 11) is 4.29. The van der Waals surface area contributed by atoms with Crippen LogP contribution in [0, 0.1) is 11.8 Å². The molecule has 0 heterocycles. The van der Waals surface area contributed by atoms with Gasteiger partial charge in [0.05, 0.1) is 0 Å². The van der Waals surface area contributed by atoms with Crippen molar-refractivity contribution in [2.24, 2.45) is 11.8 Å². The van der Waals surface area contributed by atoms with Gasteiger partial charge in [-0.25, -0.2) is 0 Å². The normalized spacial score (nSPS) is 32.2. The highest BCUT2D eigenvalue weighted by Crippen LogP contribution is 2.28. The van der Waals surface area contributed by atoms with Gasteiger partial charge in [-0.15, -0.1) is 0 Å². The molecule has 2 heteroatoms. The lowest BCUT2D eigenvalue weighted by Gasteiger charge is -2.32. The van der Waals surface area contributed by atoms with Crippen molar-refractivity contribution < 1.29 is 0 Å². The summed E-state index contributed by atoms with van der Waals surface area (Å²) in [5.41, 5.74) is 0. The van der Waals surface area contributed by atoms with E-state index in [9.17, 15) is 0 Å². The van der Waals surface area contributed by atoms with Gasteiger partial charge in [0.1, 0.15) is 0 Å². The summed E-state index contributed by atoms with van der Waals surface area (Å²) in [6, 6.07) is 0.783. The molecule has 0 amide bonds. The van der Waals surface area contributed by atoms with Gasteiger partial charge in [-0.3, -0.25) is 0 Å². The molecule has 1 fully saturated rings. The molecule has 90 valence electrons. The van der Waals surface area contributed by atoms with Crippen LogP contribution in [-0.2, 0) is 0 Å². The topological polar surface area (TPSA) is 15.3 Å². The maximum Gasteiger partial charge on any atom is 0.00721 e. The number of hydrogen-bond donors (Lipinski definition) is 1. The third kappa shape index (κ3) is 5.53. The second kappa shape index (κ2) is 6.49. The molecule has 0 aliphatic heterocycles. The molecule has 0 aromatic carbocycles. The Bertz CT molecular complexity index is 158. The Labute approximate surface area is 95.4 Å². The predicted octanol–water partition coefficient (Wildman–Crippen LogP) is 2.35. The van der Waals surface area contributed by atoms with Gasteiger partial charge >= 0.3 is 0 Å². The Kier molecular flexibility index (Phi) is 5.62. The molecule has 1 aliphatic rings. The Morgan fingerprint density at radius 2 is 1.67 bits per heavy atom. The van der Waals surface area contributed by atoms with Crippen molar-refractivity contribution in [1.82, 2.24) is 10.2 Å². The van der Waals surface area contributed by atoms with Crippen LogP contribution in [0.2, 0.25) is 0 Å². The van der Waals surface area contributed by atoms with Crippen LogP contribution in [0.4, 0.5) is 0 Å². The minimum absolute atomic E-state index is 0.783. The first-order valence-electron chi connectivity index (χ1n) is 6.46. The molecule has 0 saturated heterocycles. The zero-order valence-electron chi connectivity index (χ0n) is 10.9. The summed E-state index contributed by atoms with van der Waals surface area (Å²) in [6.45, 7) is 7.17. The van der Waals surface area contributed by atoms with Crippen molar-refractivity contribution in [3.8, 4) is 0 Å². The highest BCUT2D eigenvalue weighted by molar-refractivity contribution is 4.79. The molecule has 0 spiro atoms. The lowest BCUT2D eigenvalue weighted by atomic mass is 9.80. The van der Waals surface area contributed by atoms with Crippen LogP contribution in [0.1, 0.15) is 39.5 Å². The van der Waals surface area contributed by atoms with Crippen molar-refractivity contribution in [3.63, 3.8) is 0 Å². The molecule has 0 radical (unpaired) electrons. The Morgan fingerprint density at radius 1 is 1.07 bits per heavy atom. The van der Waals surface area contributed by atoms with E-state index in [4.69, 9.17) is 0 Å². The fourth-order valence-electron chi connectivity index (χ4n) is 2.82. The van der Waals surface area contributed by atoms with Crippen LogP contribution in [-0.4, -0.2) is 38.1 Å². The summed E-state index contributed by atoms with van der Waals surface area (Å²) in [6.07, 6.45) is 5.46. The Hall–Kier alpha value is -0.0800. The summed E-state index contributed by atoms with van der Waals surface area (Å²) >= 11 is 0. The molecular weight excluding hydrogens is 184 g/mol. The molecular formula is C13H28N2. The van der Waals surface area contributed by atoms with Crippen LogP contribution >= 0.6 is 0 Å². The van der Waals surface area contributed by atoms with Crippen molar-refractivity contribution in [3.05, 3.63) is 0 Å². The van der Waals surface area contributed by atoms with E-state index in [0.717, 1.165) is 17.9 Å². The molecule has 2 atom stereocenters. The van der Waals surface area contributed by atoms with Crippen LogP contribution in [0.15, 0.2) is 0 Å². The number of nitrogens with one attached hydrogen (secondary N) is 1. The first kappa shape index (κ1) is 13.0. The zero-order chi connectivity index (χ0) is 11.3. The van der Waals surface area contributed by atoms with E-state index >= 15 is 0 Å². The molecule has 1 N–H and O–H groups in total. The molecule has 15 heavy (non-hydrogen) atoms. The highest BCUT2D eigenvalue weighted by Gasteiger charge is 2.22. The zero-order valence-corrected chi connectivity index (χ0v) is 10.9. The number of hydrogen-bond acceptors (Lipinski definition) is 2. The fraction of sp³-hybridized carbons (Fsp3) is 1.00. The predicted molar refractivity (Wildman–Crippen MR) is 67.1 cm³/mol. The van der Waals surface area contributed by atoms with Crippen LogP contribution in [0.5, 0.6) is 0 Å². The SMILES string of the molecule is C[C@H]1CC(NCCCN(C)C)C[C@H](C)C1. The van der Waals surface area contributed by atoms with Gasteiger partial charge in [0, 0.05) is 6.04 Å².